The number of fused-ring (bicyclic) bond motifs is 2. The van der Waals surface area contributed by atoms with Crippen LogP contribution in [0.1, 0.15) is 43.7 Å². The first-order chi connectivity index (χ1) is 10.1. The molecule has 1 aromatic carbocycles. The molecule has 4 atom stereocenters. The Morgan fingerprint density at radius 2 is 2.05 bits per heavy atom. The SMILES string of the molecule is NC(=S)C(NC(=O)CC1CC2CCC1C2)c1ccccc1. The van der Waals surface area contributed by atoms with Crippen molar-refractivity contribution in [3.05, 3.63) is 35.9 Å². The van der Waals surface area contributed by atoms with Crippen LogP contribution < -0.4 is 11.1 Å². The number of thiocarbonyl (C=S) groups is 1. The van der Waals surface area contributed by atoms with Crippen molar-refractivity contribution in [1.29, 1.82) is 0 Å². The molecule has 0 spiro atoms. The summed E-state index contributed by atoms with van der Waals surface area (Å²) in [6.45, 7) is 0. The van der Waals surface area contributed by atoms with E-state index in [1.165, 1.54) is 25.7 Å². The third-order valence-electron chi connectivity index (χ3n) is 5.05. The van der Waals surface area contributed by atoms with Crippen molar-refractivity contribution in [3.8, 4) is 0 Å². The fraction of sp³-hybridized carbons (Fsp3) is 0.529. The van der Waals surface area contributed by atoms with Crippen LogP contribution in [0.5, 0.6) is 0 Å². The second kappa shape index (κ2) is 6.14. The molecule has 2 fully saturated rings. The van der Waals surface area contributed by atoms with E-state index in [9.17, 15) is 4.79 Å². The normalized spacial score (nSPS) is 28.3. The zero-order valence-electron chi connectivity index (χ0n) is 12.1. The van der Waals surface area contributed by atoms with Crippen molar-refractivity contribution >= 4 is 23.1 Å². The Morgan fingerprint density at radius 1 is 1.29 bits per heavy atom. The standard InChI is InChI=1S/C17H22N2OS/c18-17(21)16(12-4-2-1-3-5-12)19-15(20)10-14-9-11-6-7-13(14)8-11/h1-5,11,13-14,16H,6-10H2,(H2,18,21)(H,19,20). The average Bonchev–Trinajstić information content (AvgIpc) is 3.08. The number of amides is 1. The lowest BCUT2D eigenvalue weighted by atomic mass is 9.86. The molecule has 0 aromatic heterocycles. The molecular formula is C17H22N2OS. The lowest BCUT2D eigenvalue weighted by Gasteiger charge is -2.23. The second-order valence-electron chi connectivity index (χ2n) is 6.45. The van der Waals surface area contributed by atoms with Crippen LogP contribution in [0, 0.1) is 17.8 Å². The second-order valence-corrected chi connectivity index (χ2v) is 6.92. The minimum absolute atomic E-state index is 0.0780. The van der Waals surface area contributed by atoms with Crippen LogP contribution >= 0.6 is 12.2 Å². The van der Waals surface area contributed by atoms with Crippen LogP contribution in [0.15, 0.2) is 30.3 Å². The van der Waals surface area contributed by atoms with Crippen LogP contribution in [-0.2, 0) is 4.79 Å². The van der Waals surface area contributed by atoms with Gasteiger partial charge >= 0.3 is 0 Å². The van der Waals surface area contributed by atoms with Crippen molar-refractivity contribution < 1.29 is 4.79 Å². The molecule has 0 aliphatic heterocycles. The molecule has 1 amide bonds. The Morgan fingerprint density at radius 3 is 2.62 bits per heavy atom. The number of carbonyl (C=O) groups excluding carboxylic acids is 1. The highest BCUT2D eigenvalue weighted by Crippen LogP contribution is 2.49. The smallest absolute Gasteiger partial charge is 0.221 e. The van der Waals surface area contributed by atoms with Gasteiger partial charge in [-0.3, -0.25) is 4.79 Å². The van der Waals surface area contributed by atoms with Gasteiger partial charge in [-0.05, 0) is 42.6 Å². The lowest BCUT2D eigenvalue weighted by molar-refractivity contribution is -0.122. The average molecular weight is 302 g/mol. The van der Waals surface area contributed by atoms with Gasteiger partial charge in [0.05, 0.1) is 0 Å². The number of nitrogens with one attached hydrogen (secondary N) is 1. The third kappa shape index (κ3) is 3.26. The summed E-state index contributed by atoms with van der Waals surface area (Å²) < 4.78 is 0. The summed E-state index contributed by atoms with van der Waals surface area (Å²) in [5.74, 6) is 2.27. The molecular weight excluding hydrogens is 280 g/mol. The first-order valence-electron chi connectivity index (χ1n) is 7.77. The number of nitrogens with two attached hydrogens (primary N) is 1. The van der Waals surface area contributed by atoms with Crippen LogP contribution in [-0.4, -0.2) is 10.9 Å². The summed E-state index contributed by atoms with van der Waals surface area (Å²) in [5, 5.41) is 3.01. The molecule has 3 nitrogen and oxygen atoms in total. The molecule has 0 saturated heterocycles. The monoisotopic (exact) mass is 302 g/mol. The number of benzene rings is 1. The van der Waals surface area contributed by atoms with Gasteiger partial charge in [-0.1, -0.05) is 49.0 Å². The highest BCUT2D eigenvalue weighted by Gasteiger charge is 2.40. The Labute approximate surface area is 131 Å². The highest BCUT2D eigenvalue weighted by atomic mass is 32.1. The van der Waals surface area contributed by atoms with E-state index in [0.29, 0.717) is 17.3 Å². The lowest BCUT2D eigenvalue weighted by Crippen LogP contribution is -2.37. The summed E-state index contributed by atoms with van der Waals surface area (Å²) in [6, 6.07) is 9.35. The number of rotatable bonds is 5. The minimum atomic E-state index is -0.354. The van der Waals surface area contributed by atoms with Gasteiger partial charge in [-0.15, -0.1) is 0 Å². The number of hydrogen-bond donors (Lipinski definition) is 2. The summed E-state index contributed by atoms with van der Waals surface area (Å²) in [6.07, 6.45) is 5.84. The number of carbonyl (C=O) groups is 1. The van der Waals surface area contributed by atoms with E-state index in [4.69, 9.17) is 18.0 Å². The molecule has 0 heterocycles. The zero-order valence-corrected chi connectivity index (χ0v) is 12.9. The topological polar surface area (TPSA) is 55.1 Å². The van der Waals surface area contributed by atoms with Gasteiger partial charge in [0.1, 0.15) is 11.0 Å². The van der Waals surface area contributed by atoms with E-state index in [2.05, 4.69) is 5.32 Å². The van der Waals surface area contributed by atoms with Gasteiger partial charge in [0.15, 0.2) is 0 Å². The van der Waals surface area contributed by atoms with Gasteiger partial charge in [0, 0.05) is 6.42 Å². The minimum Gasteiger partial charge on any atom is -0.391 e. The van der Waals surface area contributed by atoms with Crippen molar-refractivity contribution in [2.75, 3.05) is 0 Å². The number of hydrogen-bond acceptors (Lipinski definition) is 2. The van der Waals surface area contributed by atoms with Crippen molar-refractivity contribution in [2.24, 2.45) is 23.5 Å². The molecule has 4 unspecified atom stereocenters. The molecule has 2 bridgehead atoms. The maximum atomic E-state index is 12.3. The van der Waals surface area contributed by atoms with Crippen molar-refractivity contribution in [2.45, 2.75) is 38.1 Å². The van der Waals surface area contributed by atoms with E-state index in [-0.39, 0.29) is 11.9 Å². The van der Waals surface area contributed by atoms with Gasteiger partial charge < -0.3 is 11.1 Å². The van der Waals surface area contributed by atoms with Gasteiger partial charge in [0.25, 0.3) is 0 Å². The van der Waals surface area contributed by atoms with Crippen LogP contribution in [0.3, 0.4) is 0 Å². The van der Waals surface area contributed by atoms with Crippen LogP contribution in [0.2, 0.25) is 0 Å². The van der Waals surface area contributed by atoms with Gasteiger partial charge in [-0.2, -0.15) is 0 Å². The van der Waals surface area contributed by atoms with Crippen LogP contribution in [0.25, 0.3) is 0 Å². The van der Waals surface area contributed by atoms with Crippen molar-refractivity contribution in [1.82, 2.24) is 5.32 Å². The molecule has 2 saturated carbocycles. The molecule has 1 aromatic rings. The fourth-order valence-corrected chi connectivity index (χ4v) is 4.24. The molecule has 0 radical (unpaired) electrons. The van der Waals surface area contributed by atoms with E-state index < -0.39 is 0 Å². The molecule has 112 valence electrons. The Hall–Kier alpha value is -1.42. The molecule has 4 heteroatoms. The van der Waals surface area contributed by atoms with E-state index in [0.717, 1.165) is 17.4 Å². The Bertz CT molecular complexity index is 531. The quantitative estimate of drug-likeness (QED) is 0.822. The first-order valence-corrected chi connectivity index (χ1v) is 8.18. The molecule has 2 aliphatic carbocycles. The maximum absolute atomic E-state index is 12.3. The van der Waals surface area contributed by atoms with E-state index in [1.807, 2.05) is 30.3 Å². The summed E-state index contributed by atoms with van der Waals surface area (Å²) in [7, 11) is 0. The highest BCUT2D eigenvalue weighted by molar-refractivity contribution is 7.80. The first kappa shape index (κ1) is 14.5. The van der Waals surface area contributed by atoms with E-state index in [1.54, 1.807) is 0 Å². The zero-order chi connectivity index (χ0) is 14.8. The predicted octanol–water partition coefficient (Wildman–Crippen LogP) is 2.96. The summed E-state index contributed by atoms with van der Waals surface area (Å²) >= 11 is 5.12. The summed E-state index contributed by atoms with van der Waals surface area (Å²) in [5.41, 5.74) is 6.75. The molecule has 3 N–H and O–H groups in total. The summed E-state index contributed by atoms with van der Waals surface area (Å²) in [4.78, 5) is 12.7. The largest absolute Gasteiger partial charge is 0.391 e. The maximum Gasteiger partial charge on any atom is 0.221 e. The Balaban J connectivity index is 1.61. The fourth-order valence-electron chi connectivity index (χ4n) is 4.05. The van der Waals surface area contributed by atoms with Gasteiger partial charge in [0.2, 0.25) is 5.91 Å². The third-order valence-corrected chi connectivity index (χ3v) is 5.29. The Kier molecular flexibility index (Phi) is 4.24. The van der Waals surface area contributed by atoms with E-state index >= 15 is 0 Å². The predicted molar refractivity (Wildman–Crippen MR) is 87.7 cm³/mol. The molecule has 3 rings (SSSR count). The molecule has 21 heavy (non-hydrogen) atoms. The molecule has 2 aliphatic rings. The van der Waals surface area contributed by atoms with Gasteiger partial charge in [-0.25, -0.2) is 0 Å². The van der Waals surface area contributed by atoms with Crippen LogP contribution in [0.4, 0.5) is 0 Å². The van der Waals surface area contributed by atoms with Crippen molar-refractivity contribution in [3.63, 3.8) is 0 Å².